The number of thioether (sulfide) groups is 1. The van der Waals surface area contributed by atoms with E-state index >= 15 is 0 Å². The average Bonchev–Trinajstić information content (AvgIpc) is 2.08. The average molecular weight is 200 g/mol. The number of carboxylic acids is 1. The van der Waals surface area contributed by atoms with Crippen molar-refractivity contribution in [2.75, 3.05) is 6.26 Å². The van der Waals surface area contributed by atoms with Gasteiger partial charge in [-0.3, -0.25) is 0 Å². The molecule has 1 aromatic rings. The van der Waals surface area contributed by atoms with Gasteiger partial charge in [-0.1, -0.05) is 0 Å². The van der Waals surface area contributed by atoms with Gasteiger partial charge in [0.05, 0.1) is 5.56 Å². The summed E-state index contributed by atoms with van der Waals surface area (Å²) in [5.41, 5.74) is 0.493. The van der Waals surface area contributed by atoms with E-state index in [1.54, 1.807) is 19.2 Å². The van der Waals surface area contributed by atoms with Crippen LogP contribution in [0, 0.1) is 12.7 Å². The summed E-state index contributed by atoms with van der Waals surface area (Å²) in [6.07, 6.45) is 1.71. The zero-order chi connectivity index (χ0) is 10.0. The van der Waals surface area contributed by atoms with Crippen molar-refractivity contribution in [1.82, 2.24) is 0 Å². The second kappa shape index (κ2) is 3.79. The standard InChI is InChI=1S/C9H9FO2S/c1-5-3-6(9(11)12)8(10)7(4-5)13-2/h3-4H,1-2H3,(H,11,12). The molecule has 0 aromatic heterocycles. The molecular weight excluding hydrogens is 191 g/mol. The fraction of sp³-hybridized carbons (Fsp3) is 0.222. The molecule has 0 atom stereocenters. The van der Waals surface area contributed by atoms with Crippen LogP contribution in [-0.2, 0) is 0 Å². The SMILES string of the molecule is CSc1cc(C)cc(C(=O)O)c1F. The van der Waals surface area contributed by atoms with Gasteiger partial charge in [0.1, 0.15) is 0 Å². The summed E-state index contributed by atoms with van der Waals surface area (Å²) in [6, 6.07) is 2.96. The van der Waals surface area contributed by atoms with Gasteiger partial charge in [0.2, 0.25) is 0 Å². The van der Waals surface area contributed by atoms with Gasteiger partial charge in [0.15, 0.2) is 5.82 Å². The van der Waals surface area contributed by atoms with Crippen LogP contribution in [0.4, 0.5) is 4.39 Å². The number of carbonyl (C=O) groups is 1. The highest BCUT2D eigenvalue weighted by Gasteiger charge is 2.14. The Bertz CT molecular complexity index is 350. The molecule has 2 nitrogen and oxygen atoms in total. The normalized spacial score (nSPS) is 10.1. The van der Waals surface area contributed by atoms with E-state index in [0.29, 0.717) is 4.90 Å². The molecule has 0 heterocycles. The van der Waals surface area contributed by atoms with Gasteiger partial charge in [0, 0.05) is 4.90 Å². The molecule has 0 radical (unpaired) electrons. The second-order valence-corrected chi connectivity index (χ2v) is 3.48. The molecule has 0 spiro atoms. The molecule has 70 valence electrons. The van der Waals surface area contributed by atoms with Crippen LogP contribution < -0.4 is 0 Å². The first-order valence-corrected chi connectivity index (χ1v) is 4.86. The molecule has 1 aromatic carbocycles. The molecular formula is C9H9FO2S. The highest BCUT2D eigenvalue weighted by Crippen LogP contribution is 2.23. The third kappa shape index (κ3) is 2.01. The number of halogens is 1. The second-order valence-electron chi connectivity index (χ2n) is 2.63. The van der Waals surface area contributed by atoms with Gasteiger partial charge in [-0.25, -0.2) is 9.18 Å². The van der Waals surface area contributed by atoms with Crippen LogP contribution in [0.25, 0.3) is 0 Å². The molecule has 1 N–H and O–H groups in total. The third-order valence-electron chi connectivity index (χ3n) is 1.63. The number of aryl methyl sites for hydroxylation is 1. The molecule has 1 rings (SSSR count). The summed E-state index contributed by atoms with van der Waals surface area (Å²) in [5.74, 6) is -1.87. The number of hydrogen-bond acceptors (Lipinski definition) is 2. The van der Waals surface area contributed by atoms with Crippen LogP contribution in [0.5, 0.6) is 0 Å². The molecule has 4 heteroatoms. The number of hydrogen-bond donors (Lipinski definition) is 1. The molecule has 13 heavy (non-hydrogen) atoms. The zero-order valence-corrected chi connectivity index (χ0v) is 8.11. The van der Waals surface area contributed by atoms with Crippen molar-refractivity contribution in [2.24, 2.45) is 0 Å². The maximum Gasteiger partial charge on any atom is 0.338 e. The molecule has 0 saturated heterocycles. The molecule has 0 aliphatic rings. The minimum absolute atomic E-state index is 0.260. The topological polar surface area (TPSA) is 37.3 Å². The first-order valence-electron chi connectivity index (χ1n) is 3.63. The smallest absolute Gasteiger partial charge is 0.338 e. The lowest BCUT2D eigenvalue weighted by Gasteiger charge is -2.04. The Morgan fingerprint density at radius 1 is 1.54 bits per heavy atom. The Hall–Kier alpha value is -1.03. The largest absolute Gasteiger partial charge is 0.478 e. The third-order valence-corrected chi connectivity index (χ3v) is 2.37. The van der Waals surface area contributed by atoms with E-state index in [1.807, 2.05) is 0 Å². The summed E-state index contributed by atoms with van der Waals surface area (Å²) in [5, 5.41) is 8.66. The molecule has 0 aliphatic heterocycles. The molecule has 0 unspecified atom stereocenters. The summed E-state index contributed by atoms with van der Waals surface area (Å²) in [6.45, 7) is 1.74. The van der Waals surface area contributed by atoms with E-state index in [-0.39, 0.29) is 5.56 Å². The molecule has 0 saturated carbocycles. The van der Waals surface area contributed by atoms with Crippen LogP contribution in [0.2, 0.25) is 0 Å². The number of benzene rings is 1. The minimum atomic E-state index is -1.23. The monoisotopic (exact) mass is 200 g/mol. The maximum atomic E-state index is 13.3. The van der Waals surface area contributed by atoms with Crippen molar-refractivity contribution < 1.29 is 14.3 Å². The first kappa shape index (κ1) is 10.1. The maximum absolute atomic E-state index is 13.3. The summed E-state index contributed by atoms with van der Waals surface area (Å²) >= 11 is 1.20. The number of carboxylic acid groups (broad SMARTS) is 1. The Balaban J connectivity index is 3.35. The van der Waals surface area contributed by atoms with E-state index in [4.69, 9.17) is 5.11 Å². The molecule has 0 fully saturated rings. The predicted octanol–water partition coefficient (Wildman–Crippen LogP) is 2.55. The van der Waals surface area contributed by atoms with Crippen LogP contribution in [0.1, 0.15) is 15.9 Å². The first-order chi connectivity index (χ1) is 6.06. The van der Waals surface area contributed by atoms with Gasteiger partial charge in [-0.05, 0) is 30.9 Å². The van der Waals surface area contributed by atoms with Crippen molar-refractivity contribution in [3.63, 3.8) is 0 Å². The number of aromatic carboxylic acids is 1. The van der Waals surface area contributed by atoms with Crippen LogP contribution >= 0.6 is 11.8 Å². The highest BCUT2D eigenvalue weighted by atomic mass is 32.2. The van der Waals surface area contributed by atoms with E-state index < -0.39 is 11.8 Å². The summed E-state index contributed by atoms with van der Waals surface area (Å²) < 4.78 is 13.3. The Morgan fingerprint density at radius 2 is 2.15 bits per heavy atom. The van der Waals surface area contributed by atoms with Gasteiger partial charge in [0.25, 0.3) is 0 Å². The molecule has 0 amide bonds. The van der Waals surface area contributed by atoms with Crippen LogP contribution in [-0.4, -0.2) is 17.3 Å². The van der Waals surface area contributed by atoms with E-state index in [0.717, 1.165) is 5.56 Å². The van der Waals surface area contributed by atoms with Crippen LogP contribution in [0.3, 0.4) is 0 Å². The lowest BCUT2D eigenvalue weighted by atomic mass is 10.1. The minimum Gasteiger partial charge on any atom is -0.478 e. The van der Waals surface area contributed by atoms with Gasteiger partial charge >= 0.3 is 5.97 Å². The van der Waals surface area contributed by atoms with Gasteiger partial charge in [-0.2, -0.15) is 0 Å². The van der Waals surface area contributed by atoms with Gasteiger partial charge in [-0.15, -0.1) is 11.8 Å². The van der Waals surface area contributed by atoms with Crippen molar-refractivity contribution in [2.45, 2.75) is 11.8 Å². The Kier molecular flexibility index (Phi) is 2.93. The molecule has 0 bridgehead atoms. The molecule has 0 aliphatic carbocycles. The lowest BCUT2D eigenvalue weighted by molar-refractivity contribution is 0.0691. The summed E-state index contributed by atoms with van der Waals surface area (Å²) in [7, 11) is 0. The zero-order valence-electron chi connectivity index (χ0n) is 7.30. The van der Waals surface area contributed by atoms with E-state index in [9.17, 15) is 9.18 Å². The lowest BCUT2D eigenvalue weighted by Crippen LogP contribution is -2.02. The van der Waals surface area contributed by atoms with Crippen molar-refractivity contribution >= 4 is 17.7 Å². The van der Waals surface area contributed by atoms with Crippen molar-refractivity contribution in [3.8, 4) is 0 Å². The predicted molar refractivity (Wildman–Crippen MR) is 49.9 cm³/mol. The fourth-order valence-electron chi connectivity index (χ4n) is 1.04. The van der Waals surface area contributed by atoms with E-state index in [1.165, 1.54) is 17.8 Å². The van der Waals surface area contributed by atoms with E-state index in [2.05, 4.69) is 0 Å². The number of rotatable bonds is 2. The Morgan fingerprint density at radius 3 is 2.62 bits per heavy atom. The highest BCUT2D eigenvalue weighted by molar-refractivity contribution is 7.98. The quantitative estimate of drug-likeness (QED) is 0.745. The van der Waals surface area contributed by atoms with Crippen LogP contribution in [0.15, 0.2) is 17.0 Å². The Labute approximate surface area is 79.8 Å². The van der Waals surface area contributed by atoms with Gasteiger partial charge < -0.3 is 5.11 Å². The summed E-state index contributed by atoms with van der Waals surface area (Å²) in [4.78, 5) is 11.0. The van der Waals surface area contributed by atoms with Crippen molar-refractivity contribution in [3.05, 3.63) is 29.1 Å². The van der Waals surface area contributed by atoms with Crippen molar-refractivity contribution in [1.29, 1.82) is 0 Å². The fourth-order valence-corrected chi connectivity index (χ4v) is 1.63.